The Balaban J connectivity index is 2.13. The molecule has 0 aliphatic heterocycles. The molecule has 0 heterocycles. The van der Waals surface area contributed by atoms with Gasteiger partial charge >= 0.3 is 0 Å². The third-order valence-electron chi connectivity index (χ3n) is 3.16. The third kappa shape index (κ3) is 3.07. The van der Waals surface area contributed by atoms with E-state index in [4.69, 9.17) is 0 Å². The Labute approximate surface area is 108 Å². The predicted octanol–water partition coefficient (Wildman–Crippen LogP) is 3.98. The van der Waals surface area contributed by atoms with E-state index in [1.807, 2.05) is 24.3 Å². The van der Waals surface area contributed by atoms with E-state index in [-0.39, 0.29) is 5.78 Å². The monoisotopic (exact) mass is 238 g/mol. The van der Waals surface area contributed by atoms with Crippen LogP contribution in [0.5, 0.6) is 0 Å². The largest absolute Gasteiger partial charge is 0.295 e. The van der Waals surface area contributed by atoms with E-state index in [9.17, 15) is 4.79 Å². The van der Waals surface area contributed by atoms with Crippen molar-refractivity contribution in [3.05, 3.63) is 70.8 Å². The summed E-state index contributed by atoms with van der Waals surface area (Å²) in [7, 11) is 0. The Morgan fingerprint density at radius 3 is 2.50 bits per heavy atom. The molecule has 1 heteroatoms. The second-order valence-electron chi connectivity index (χ2n) is 4.70. The summed E-state index contributed by atoms with van der Waals surface area (Å²) >= 11 is 0. The van der Waals surface area contributed by atoms with Crippen molar-refractivity contribution in [3.63, 3.8) is 0 Å². The number of rotatable bonds is 4. The zero-order valence-corrected chi connectivity index (χ0v) is 10.9. The van der Waals surface area contributed by atoms with Crippen molar-refractivity contribution >= 4 is 5.78 Å². The van der Waals surface area contributed by atoms with Gasteiger partial charge in [0.25, 0.3) is 0 Å². The highest BCUT2D eigenvalue weighted by molar-refractivity contribution is 5.95. The van der Waals surface area contributed by atoms with Crippen LogP contribution in [0, 0.1) is 6.92 Å². The normalized spacial score (nSPS) is 10.3. The quantitative estimate of drug-likeness (QED) is 0.736. The van der Waals surface area contributed by atoms with Crippen molar-refractivity contribution < 1.29 is 4.79 Å². The lowest BCUT2D eigenvalue weighted by atomic mass is 9.97. The fraction of sp³-hybridized carbons (Fsp3) is 0.235. The van der Waals surface area contributed by atoms with Gasteiger partial charge in [-0.05, 0) is 37.8 Å². The molecule has 2 aromatic rings. The second kappa shape index (κ2) is 5.63. The third-order valence-corrected chi connectivity index (χ3v) is 3.16. The minimum absolute atomic E-state index is 0.148. The van der Waals surface area contributed by atoms with Crippen LogP contribution in [0.4, 0.5) is 0 Å². The molecule has 2 aromatic carbocycles. The van der Waals surface area contributed by atoms with E-state index in [2.05, 4.69) is 31.2 Å². The highest BCUT2D eigenvalue weighted by Gasteiger charge is 2.06. The fourth-order valence-electron chi connectivity index (χ4n) is 2.23. The Bertz CT molecular complexity index is 555. The summed E-state index contributed by atoms with van der Waals surface area (Å²) in [6, 6.07) is 16.4. The van der Waals surface area contributed by atoms with Crippen molar-refractivity contribution in [2.45, 2.75) is 26.7 Å². The maximum Gasteiger partial charge on any atom is 0.160 e. The fourth-order valence-corrected chi connectivity index (χ4v) is 2.23. The van der Waals surface area contributed by atoms with Crippen LogP contribution in [0.1, 0.15) is 34.0 Å². The topological polar surface area (TPSA) is 17.1 Å². The van der Waals surface area contributed by atoms with Crippen LogP contribution in [0.2, 0.25) is 0 Å². The van der Waals surface area contributed by atoms with Gasteiger partial charge in [-0.3, -0.25) is 4.79 Å². The molecule has 0 saturated carbocycles. The number of hydrogen-bond acceptors (Lipinski definition) is 1. The van der Waals surface area contributed by atoms with Crippen molar-refractivity contribution in [2.24, 2.45) is 0 Å². The van der Waals surface area contributed by atoms with E-state index >= 15 is 0 Å². The summed E-state index contributed by atoms with van der Waals surface area (Å²) in [5.41, 5.74) is 4.61. The number of Topliss-reactive ketones (excluding diaryl/α,β-unsaturated/α-hetero) is 1. The van der Waals surface area contributed by atoms with E-state index in [1.165, 1.54) is 11.1 Å². The maximum absolute atomic E-state index is 11.5. The number of carbonyl (C=O) groups is 1. The average molecular weight is 238 g/mol. The van der Waals surface area contributed by atoms with Gasteiger partial charge < -0.3 is 0 Å². The van der Waals surface area contributed by atoms with Gasteiger partial charge in [0, 0.05) is 5.56 Å². The molecule has 0 aliphatic carbocycles. The lowest BCUT2D eigenvalue weighted by Gasteiger charge is -2.07. The predicted molar refractivity (Wildman–Crippen MR) is 75.0 cm³/mol. The van der Waals surface area contributed by atoms with E-state index in [1.54, 1.807) is 6.92 Å². The van der Waals surface area contributed by atoms with E-state index < -0.39 is 0 Å². The van der Waals surface area contributed by atoms with Gasteiger partial charge in [0.05, 0.1) is 0 Å². The van der Waals surface area contributed by atoms with E-state index in [0.29, 0.717) is 0 Å². The summed E-state index contributed by atoms with van der Waals surface area (Å²) in [5.74, 6) is 0.148. The molecule has 0 radical (unpaired) electrons. The van der Waals surface area contributed by atoms with Crippen LogP contribution in [0.15, 0.2) is 48.5 Å². The minimum Gasteiger partial charge on any atom is -0.295 e. The van der Waals surface area contributed by atoms with Gasteiger partial charge in [0.1, 0.15) is 0 Å². The van der Waals surface area contributed by atoms with Gasteiger partial charge in [-0.25, -0.2) is 0 Å². The number of hydrogen-bond donors (Lipinski definition) is 0. The molecular weight excluding hydrogens is 220 g/mol. The van der Waals surface area contributed by atoms with Crippen molar-refractivity contribution in [1.29, 1.82) is 0 Å². The van der Waals surface area contributed by atoms with Gasteiger partial charge in [-0.2, -0.15) is 0 Å². The minimum atomic E-state index is 0.148. The molecule has 0 atom stereocenters. The Kier molecular flexibility index (Phi) is 3.93. The lowest BCUT2D eigenvalue weighted by molar-refractivity contribution is 0.101. The molecule has 0 unspecified atom stereocenters. The van der Waals surface area contributed by atoms with Gasteiger partial charge in [0.2, 0.25) is 0 Å². The summed E-state index contributed by atoms with van der Waals surface area (Å²) < 4.78 is 0. The van der Waals surface area contributed by atoms with Crippen LogP contribution in [0.25, 0.3) is 0 Å². The summed E-state index contributed by atoms with van der Waals surface area (Å²) in [6.45, 7) is 3.73. The first kappa shape index (κ1) is 12.6. The Morgan fingerprint density at radius 2 is 1.78 bits per heavy atom. The maximum atomic E-state index is 11.5. The molecule has 0 N–H and O–H groups in total. The molecule has 1 nitrogen and oxygen atoms in total. The molecule has 2 rings (SSSR count). The van der Waals surface area contributed by atoms with Crippen molar-refractivity contribution in [3.8, 4) is 0 Å². The molecule has 18 heavy (non-hydrogen) atoms. The number of ketones is 1. The van der Waals surface area contributed by atoms with Crippen LogP contribution >= 0.6 is 0 Å². The number of carbonyl (C=O) groups excluding carboxylic acids is 1. The standard InChI is InChI=1S/C17H18O/c1-13-6-5-7-15(12-13)10-11-16-8-3-4-9-17(16)14(2)18/h3-9,12H,10-11H2,1-2H3. The summed E-state index contributed by atoms with van der Waals surface area (Å²) in [5, 5.41) is 0. The van der Waals surface area contributed by atoms with Crippen LogP contribution in [0.3, 0.4) is 0 Å². The molecule has 0 saturated heterocycles. The molecule has 92 valence electrons. The van der Waals surface area contributed by atoms with Gasteiger partial charge in [-0.15, -0.1) is 0 Å². The molecule has 0 bridgehead atoms. The Morgan fingerprint density at radius 1 is 1.00 bits per heavy atom. The zero-order chi connectivity index (χ0) is 13.0. The molecular formula is C17H18O. The van der Waals surface area contributed by atoms with E-state index in [0.717, 1.165) is 24.0 Å². The molecule has 0 spiro atoms. The summed E-state index contributed by atoms with van der Waals surface area (Å²) in [6.07, 6.45) is 1.89. The molecule has 0 amide bonds. The van der Waals surface area contributed by atoms with Crippen molar-refractivity contribution in [2.75, 3.05) is 0 Å². The van der Waals surface area contributed by atoms with Gasteiger partial charge in [-0.1, -0.05) is 54.1 Å². The van der Waals surface area contributed by atoms with Crippen LogP contribution in [-0.2, 0) is 12.8 Å². The zero-order valence-electron chi connectivity index (χ0n) is 10.9. The SMILES string of the molecule is CC(=O)c1ccccc1CCc1cccc(C)c1. The smallest absolute Gasteiger partial charge is 0.160 e. The first-order chi connectivity index (χ1) is 8.66. The van der Waals surface area contributed by atoms with Gasteiger partial charge in [0.15, 0.2) is 5.78 Å². The molecule has 0 aliphatic rings. The molecule has 0 aromatic heterocycles. The summed E-state index contributed by atoms with van der Waals surface area (Å²) in [4.78, 5) is 11.5. The first-order valence-electron chi connectivity index (χ1n) is 6.31. The van der Waals surface area contributed by atoms with Crippen molar-refractivity contribution in [1.82, 2.24) is 0 Å². The number of benzene rings is 2. The lowest BCUT2D eigenvalue weighted by Crippen LogP contribution is -2.01. The Hall–Kier alpha value is -1.89. The van der Waals surface area contributed by atoms with Crippen LogP contribution in [-0.4, -0.2) is 5.78 Å². The van der Waals surface area contributed by atoms with Crippen LogP contribution < -0.4 is 0 Å². The average Bonchev–Trinajstić information content (AvgIpc) is 2.37. The number of aryl methyl sites for hydroxylation is 3. The first-order valence-corrected chi connectivity index (χ1v) is 6.31. The molecule has 0 fully saturated rings. The second-order valence-corrected chi connectivity index (χ2v) is 4.70. The highest BCUT2D eigenvalue weighted by Crippen LogP contribution is 2.14. The highest BCUT2D eigenvalue weighted by atomic mass is 16.1.